The first-order chi connectivity index (χ1) is 17.0. The number of aromatic nitrogens is 3. The molecule has 35 heavy (non-hydrogen) atoms. The molecule has 6 nitrogen and oxygen atoms in total. The Morgan fingerprint density at radius 3 is 2.54 bits per heavy atom. The van der Waals surface area contributed by atoms with Gasteiger partial charge >= 0.3 is 0 Å². The number of carbonyl (C=O) groups is 1. The minimum Gasteiger partial charge on any atom is -0.492 e. The molecule has 0 unspecified atom stereocenters. The number of benzene rings is 3. The summed E-state index contributed by atoms with van der Waals surface area (Å²) in [6.07, 6.45) is 2.66. The Kier molecular flexibility index (Phi) is 8.00. The van der Waals surface area contributed by atoms with Crippen molar-refractivity contribution in [3.63, 3.8) is 0 Å². The largest absolute Gasteiger partial charge is 0.492 e. The predicted octanol–water partition coefficient (Wildman–Crippen LogP) is 5.94. The second kappa shape index (κ2) is 11.5. The van der Waals surface area contributed by atoms with Gasteiger partial charge in [-0.1, -0.05) is 53.7 Å². The third-order valence-corrected chi connectivity index (χ3v) is 6.44. The highest BCUT2D eigenvalue weighted by molar-refractivity contribution is 7.99. The summed E-state index contributed by atoms with van der Waals surface area (Å²) < 4.78 is 7.93. The highest BCUT2D eigenvalue weighted by Crippen LogP contribution is 2.25. The van der Waals surface area contributed by atoms with Crippen molar-refractivity contribution in [1.29, 1.82) is 0 Å². The molecule has 0 atom stereocenters. The number of aryl methyl sites for hydroxylation is 1. The number of rotatable bonds is 10. The van der Waals surface area contributed by atoms with E-state index in [0.29, 0.717) is 12.2 Å². The molecule has 0 saturated carbocycles. The van der Waals surface area contributed by atoms with Crippen LogP contribution in [0.1, 0.15) is 21.5 Å². The van der Waals surface area contributed by atoms with E-state index in [1.807, 2.05) is 91.3 Å². The molecule has 0 spiro atoms. The molecule has 7 heteroatoms. The van der Waals surface area contributed by atoms with Crippen molar-refractivity contribution in [2.24, 2.45) is 7.05 Å². The van der Waals surface area contributed by atoms with Crippen LogP contribution in [0.25, 0.3) is 11.4 Å². The molecule has 1 N–H and O–H groups in total. The number of para-hydroxylation sites is 1. The molecule has 4 rings (SSSR count). The van der Waals surface area contributed by atoms with E-state index in [4.69, 9.17) is 4.74 Å². The summed E-state index contributed by atoms with van der Waals surface area (Å²) in [7, 11) is 1.95. The Labute approximate surface area is 210 Å². The fourth-order valence-corrected chi connectivity index (χ4v) is 4.28. The summed E-state index contributed by atoms with van der Waals surface area (Å²) in [6.45, 7) is 6.37. The zero-order valence-corrected chi connectivity index (χ0v) is 20.7. The Bertz CT molecular complexity index is 1300. The lowest BCUT2D eigenvalue weighted by Gasteiger charge is -2.10. The third-order valence-electron chi connectivity index (χ3n) is 5.46. The van der Waals surface area contributed by atoms with E-state index < -0.39 is 0 Å². The lowest BCUT2D eigenvalue weighted by atomic mass is 10.1. The molecule has 0 fully saturated rings. The summed E-state index contributed by atoms with van der Waals surface area (Å²) in [5, 5.41) is 12.4. The van der Waals surface area contributed by atoms with Gasteiger partial charge in [-0.25, -0.2) is 0 Å². The van der Waals surface area contributed by atoms with Crippen molar-refractivity contribution in [2.45, 2.75) is 18.5 Å². The summed E-state index contributed by atoms with van der Waals surface area (Å²) in [5.41, 5.74) is 4.53. The normalized spacial score (nSPS) is 10.7. The van der Waals surface area contributed by atoms with Crippen molar-refractivity contribution < 1.29 is 9.53 Å². The van der Waals surface area contributed by atoms with Crippen LogP contribution in [0.3, 0.4) is 0 Å². The molecule has 1 aromatic heterocycles. The maximum Gasteiger partial charge on any atom is 0.255 e. The van der Waals surface area contributed by atoms with E-state index in [1.165, 1.54) is 0 Å². The molecular weight excluding hydrogens is 456 g/mol. The van der Waals surface area contributed by atoms with Crippen molar-refractivity contribution in [2.75, 3.05) is 17.7 Å². The number of thioether (sulfide) groups is 1. The lowest BCUT2D eigenvalue weighted by Crippen LogP contribution is -2.11. The number of hydrogen-bond donors (Lipinski definition) is 1. The Morgan fingerprint density at radius 1 is 1.06 bits per heavy atom. The van der Waals surface area contributed by atoms with E-state index in [0.717, 1.165) is 51.3 Å². The molecule has 0 aliphatic heterocycles. The number of ether oxygens (including phenoxy) is 1. The number of nitrogens with one attached hydrogen (secondary N) is 1. The van der Waals surface area contributed by atoms with Gasteiger partial charge in [-0.3, -0.25) is 4.79 Å². The minimum absolute atomic E-state index is 0.135. The summed E-state index contributed by atoms with van der Waals surface area (Å²) in [4.78, 5) is 12.4. The van der Waals surface area contributed by atoms with Gasteiger partial charge < -0.3 is 14.6 Å². The summed E-state index contributed by atoms with van der Waals surface area (Å²) in [6, 6.07) is 23.1. The SMILES string of the molecule is C=CCc1ccccc1OCCSc1nnc(-c2ccc(NC(=O)c3ccc(C)cc3)cc2)n1C. The van der Waals surface area contributed by atoms with Crippen LogP contribution in [0.5, 0.6) is 5.75 Å². The van der Waals surface area contributed by atoms with Gasteiger partial charge in [0.25, 0.3) is 5.91 Å². The molecule has 0 bridgehead atoms. The van der Waals surface area contributed by atoms with Gasteiger partial charge in [-0.2, -0.15) is 0 Å². The minimum atomic E-state index is -0.135. The fraction of sp³-hybridized carbons (Fsp3) is 0.179. The number of anilines is 1. The quantitative estimate of drug-likeness (QED) is 0.171. The molecule has 1 amide bonds. The van der Waals surface area contributed by atoms with Gasteiger partial charge in [0.05, 0.1) is 6.61 Å². The van der Waals surface area contributed by atoms with Crippen LogP contribution >= 0.6 is 11.8 Å². The number of amides is 1. The summed E-state index contributed by atoms with van der Waals surface area (Å²) >= 11 is 1.60. The van der Waals surface area contributed by atoms with Gasteiger partial charge in [0.2, 0.25) is 0 Å². The molecule has 4 aromatic rings. The van der Waals surface area contributed by atoms with Crippen LogP contribution in [0.2, 0.25) is 0 Å². The smallest absolute Gasteiger partial charge is 0.255 e. The molecular formula is C28H28N4O2S. The molecule has 0 saturated heterocycles. The van der Waals surface area contributed by atoms with Crippen LogP contribution in [0.15, 0.2) is 90.6 Å². The second-order valence-electron chi connectivity index (χ2n) is 8.06. The number of hydrogen-bond acceptors (Lipinski definition) is 5. The predicted molar refractivity (Wildman–Crippen MR) is 142 cm³/mol. The molecule has 3 aromatic carbocycles. The molecule has 0 radical (unpaired) electrons. The van der Waals surface area contributed by atoms with E-state index in [1.54, 1.807) is 11.8 Å². The van der Waals surface area contributed by atoms with Crippen LogP contribution in [-0.2, 0) is 13.5 Å². The third kappa shape index (κ3) is 6.19. The lowest BCUT2D eigenvalue weighted by molar-refractivity contribution is 0.102. The highest BCUT2D eigenvalue weighted by Gasteiger charge is 2.12. The molecule has 1 heterocycles. The number of carbonyl (C=O) groups excluding carboxylic acids is 1. The second-order valence-corrected chi connectivity index (χ2v) is 9.12. The van der Waals surface area contributed by atoms with Crippen LogP contribution in [-0.4, -0.2) is 33.0 Å². The van der Waals surface area contributed by atoms with E-state index in [-0.39, 0.29) is 5.91 Å². The van der Waals surface area contributed by atoms with Gasteiger partial charge in [-0.05, 0) is 61.4 Å². The topological polar surface area (TPSA) is 69.0 Å². The monoisotopic (exact) mass is 484 g/mol. The summed E-state index contributed by atoms with van der Waals surface area (Å²) in [5.74, 6) is 2.27. The standard InChI is InChI=1S/C28H28N4O2S/c1-4-7-21-8-5-6-9-25(21)34-18-19-35-28-31-30-26(32(28)3)22-14-16-24(17-15-22)29-27(33)23-12-10-20(2)11-13-23/h4-6,8-17H,1,7,18-19H2,2-3H3,(H,29,33). The van der Waals surface area contributed by atoms with E-state index in [9.17, 15) is 4.79 Å². The Morgan fingerprint density at radius 2 is 1.80 bits per heavy atom. The van der Waals surface area contributed by atoms with Crippen LogP contribution in [0.4, 0.5) is 5.69 Å². The Hall–Kier alpha value is -3.84. The fourth-order valence-electron chi connectivity index (χ4n) is 3.56. The molecule has 0 aliphatic rings. The van der Waals surface area contributed by atoms with Crippen LogP contribution < -0.4 is 10.1 Å². The van der Waals surface area contributed by atoms with Crippen LogP contribution in [0, 0.1) is 6.92 Å². The number of nitrogens with zero attached hydrogens (tertiary/aromatic N) is 3. The number of allylic oxidation sites excluding steroid dienone is 1. The van der Waals surface area contributed by atoms with Gasteiger partial charge in [-0.15, -0.1) is 16.8 Å². The van der Waals surface area contributed by atoms with Crippen molar-refractivity contribution in [3.05, 3.63) is 102 Å². The van der Waals surface area contributed by atoms with Gasteiger partial charge in [0, 0.05) is 29.6 Å². The maximum absolute atomic E-state index is 12.4. The first-order valence-electron chi connectivity index (χ1n) is 11.4. The van der Waals surface area contributed by atoms with Crippen molar-refractivity contribution in [1.82, 2.24) is 14.8 Å². The molecule has 0 aliphatic carbocycles. The van der Waals surface area contributed by atoms with E-state index in [2.05, 4.69) is 28.2 Å². The van der Waals surface area contributed by atoms with Crippen molar-refractivity contribution in [3.8, 4) is 17.1 Å². The zero-order valence-electron chi connectivity index (χ0n) is 19.9. The van der Waals surface area contributed by atoms with E-state index >= 15 is 0 Å². The first kappa shape index (κ1) is 24.3. The van der Waals surface area contributed by atoms with Gasteiger partial charge in [0.1, 0.15) is 5.75 Å². The van der Waals surface area contributed by atoms with Crippen molar-refractivity contribution >= 4 is 23.4 Å². The molecule has 178 valence electrons. The maximum atomic E-state index is 12.4. The van der Waals surface area contributed by atoms with Gasteiger partial charge in [0.15, 0.2) is 11.0 Å². The average Bonchev–Trinajstić information content (AvgIpc) is 3.24. The highest BCUT2D eigenvalue weighted by atomic mass is 32.2. The Balaban J connectivity index is 1.33. The zero-order chi connectivity index (χ0) is 24.6. The average molecular weight is 485 g/mol. The first-order valence-corrected chi connectivity index (χ1v) is 12.4.